The predicted octanol–water partition coefficient (Wildman–Crippen LogP) is 2.99. The summed E-state index contributed by atoms with van der Waals surface area (Å²) in [7, 11) is -3.35. The minimum absolute atomic E-state index is 0.153. The highest BCUT2D eigenvalue weighted by molar-refractivity contribution is 7.85. The molecule has 0 saturated heterocycles. The van der Waals surface area contributed by atoms with Crippen LogP contribution in [0.3, 0.4) is 0 Å². The molecule has 2 aromatic carbocycles. The van der Waals surface area contributed by atoms with Gasteiger partial charge in [0.1, 0.15) is 0 Å². The largest absolute Gasteiger partial charge is 0.270 e. The van der Waals surface area contributed by atoms with Crippen LogP contribution in [0.5, 0.6) is 0 Å². The fourth-order valence-corrected chi connectivity index (χ4v) is 2.62. The third-order valence-corrected chi connectivity index (χ3v) is 3.58. The fraction of sp³-hybridized carbons (Fsp3) is 0.333. The van der Waals surface area contributed by atoms with Crippen molar-refractivity contribution in [2.24, 2.45) is 5.92 Å². The van der Waals surface area contributed by atoms with Crippen molar-refractivity contribution >= 4 is 20.9 Å². The van der Waals surface area contributed by atoms with Crippen LogP contribution in [0.4, 0.5) is 0 Å². The van der Waals surface area contributed by atoms with Gasteiger partial charge in [0.15, 0.2) is 0 Å². The summed E-state index contributed by atoms with van der Waals surface area (Å²) in [4.78, 5) is 0. The van der Waals surface area contributed by atoms with Gasteiger partial charge in [0.2, 0.25) is 0 Å². The molecular weight excluding hydrogens is 260 g/mol. The van der Waals surface area contributed by atoms with E-state index >= 15 is 0 Å². The van der Waals surface area contributed by atoms with E-state index in [1.165, 1.54) is 16.3 Å². The van der Waals surface area contributed by atoms with Crippen molar-refractivity contribution in [2.45, 2.75) is 13.3 Å². The molecular formula is C15H18O3S. The molecule has 2 rings (SSSR count). The first-order chi connectivity index (χ1) is 8.96. The van der Waals surface area contributed by atoms with Crippen LogP contribution in [-0.2, 0) is 20.7 Å². The van der Waals surface area contributed by atoms with Gasteiger partial charge in [0.05, 0.1) is 12.9 Å². The molecule has 0 aliphatic rings. The van der Waals surface area contributed by atoms with Crippen LogP contribution in [0, 0.1) is 5.92 Å². The molecule has 1 atom stereocenters. The summed E-state index contributed by atoms with van der Waals surface area (Å²) in [5.74, 6) is 0.153. The first-order valence-electron chi connectivity index (χ1n) is 6.27. The maximum Gasteiger partial charge on any atom is 0.264 e. The predicted molar refractivity (Wildman–Crippen MR) is 77.6 cm³/mol. The zero-order valence-electron chi connectivity index (χ0n) is 11.2. The van der Waals surface area contributed by atoms with E-state index in [4.69, 9.17) is 4.18 Å². The number of fused-ring (bicyclic) bond motifs is 1. The number of hydrogen-bond donors (Lipinski definition) is 0. The van der Waals surface area contributed by atoms with Gasteiger partial charge in [-0.15, -0.1) is 0 Å². The van der Waals surface area contributed by atoms with Crippen molar-refractivity contribution < 1.29 is 12.6 Å². The fourth-order valence-electron chi connectivity index (χ4n) is 2.14. The second kappa shape index (κ2) is 5.72. The van der Waals surface area contributed by atoms with Crippen molar-refractivity contribution in [3.05, 3.63) is 48.0 Å². The number of benzene rings is 2. The Balaban J connectivity index is 2.13. The molecule has 0 spiro atoms. The summed E-state index contributed by atoms with van der Waals surface area (Å²) >= 11 is 0. The molecule has 3 nitrogen and oxygen atoms in total. The normalized spacial score (nSPS) is 13.6. The lowest BCUT2D eigenvalue weighted by molar-refractivity contribution is 0.267. The maximum atomic E-state index is 11.0. The monoisotopic (exact) mass is 278 g/mol. The highest BCUT2D eigenvalue weighted by Crippen LogP contribution is 2.21. The molecule has 0 amide bonds. The highest BCUT2D eigenvalue weighted by atomic mass is 32.2. The molecule has 4 heteroatoms. The van der Waals surface area contributed by atoms with Crippen LogP contribution in [-0.4, -0.2) is 21.3 Å². The van der Waals surface area contributed by atoms with Gasteiger partial charge < -0.3 is 0 Å². The Labute approximate surface area is 114 Å². The van der Waals surface area contributed by atoms with Crippen molar-refractivity contribution in [1.29, 1.82) is 0 Å². The Kier molecular flexibility index (Phi) is 4.22. The first-order valence-corrected chi connectivity index (χ1v) is 8.08. The lowest BCUT2D eigenvalue weighted by Crippen LogP contribution is -2.13. The van der Waals surface area contributed by atoms with E-state index in [2.05, 4.69) is 24.3 Å². The van der Waals surface area contributed by atoms with Gasteiger partial charge in [0, 0.05) is 0 Å². The van der Waals surface area contributed by atoms with Gasteiger partial charge >= 0.3 is 0 Å². The molecule has 0 N–H and O–H groups in total. The summed E-state index contributed by atoms with van der Waals surface area (Å²) in [6, 6.07) is 14.4. The molecule has 0 fully saturated rings. The van der Waals surface area contributed by atoms with Crippen molar-refractivity contribution in [3.63, 3.8) is 0 Å². The summed E-state index contributed by atoms with van der Waals surface area (Å²) in [5, 5.41) is 2.42. The summed E-state index contributed by atoms with van der Waals surface area (Å²) < 4.78 is 26.8. The zero-order valence-corrected chi connectivity index (χ0v) is 12.0. The molecule has 0 saturated carbocycles. The molecule has 0 aliphatic carbocycles. The number of rotatable bonds is 5. The van der Waals surface area contributed by atoms with E-state index in [0.29, 0.717) is 0 Å². The SMILES string of the molecule is CC(COS(C)(=O)=O)Cc1cccc2ccccc12. The van der Waals surface area contributed by atoms with E-state index in [9.17, 15) is 8.42 Å². The Morgan fingerprint density at radius 3 is 2.53 bits per heavy atom. The third kappa shape index (κ3) is 4.04. The van der Waals surface area contributed by atoms with E-state index in [1.54, 1.807) is 0 Å². The molecule has 1 unspecified atom stereocenters. The standard InChI is InChI=1S/C15H18O3S/c1-12(11-18-19(2,16)17)10-14-8-5-7-13-6-3-4-9-15(13)14/h3-9,12H,10-11H2,1-2H3. The average Bonchev–Trinajstić information content (AvgIpc) is 2.36. The van der Waals surface area contributed by atoms with Gasteiger partial charge in [-0.05, 0) is 28.7 Å². The summed E-state index contributed by atoms with van der Waals surface area (Å²) in [5.41, 5.74) is 1.22. The molecule has 0 aromatic heterocycles. The van der Waals surface area contributed by atoms with Gasteiger partial charge in [-0.1, -0.05) is 49.4 Å². The van der Waals surface area contributed by atoms with Crippen molar-refractivity contribution in [1.82, 2.24) is 0 Å². The molecule has 102 valence electrons. The van der Waals surface area contributed by atoms with E-state index in [-0.39, 0.29) is 12.5 Å². The van der Waals surface area contributed by atoms with Crippen LogP contribution in [0.25, 0.3) is 10.8 Å². The average molecular weight is 278 g/mol. The molecule has 19 heavy (non-hydrogen) atoms. The minimum Gasteiger partial charge on any atom is -0.270 e. The Morgan fingerprint density at radius 1 is 1.11 bits per heavy atom. The van der Waals surface area contributed by atoms with Crippen LogP contribution >= 0.6 is 0 Å². The first kappa shape index (κ1) is 14.0. The van der Waals surface area contributed by atoms with E-state index in [1.807, 2.05) is 25.1 Å². The minimum atomic E-state index is -3.35. The molecule has 0 aliphatic heterocycles. The second-order valence-electron chi connectivity index (χ2n) is 4.94. The smallest absolute Gasteiger partial charge is 0.264 e. The van der Waals surface area contributed by atoms with Crippen LogP contribution in [0.2, 0.25) is 0 Å². The topological polar surface area (TPSA) is 43.4 Å². The third-order valence-electron chi connectivity index (χ3n) is 3.01. The summed E-state index contributed by atoms with van der Waals surface area (Å²) in [6.45, 7) is 2.22. The molecule has 0 radical (unpaired) electrons. The van der Waals surface area contributed by atoms with Crippen LogP contribution in [0.15, 0.2) is 42.5 Å². The quantitative estimate of drug-likeness (QED) is 0.790. The molecule has 0 heterocycles. The van der Waals surface area contributed by atoms with Gasteiger partial charge in [-0.3, -0.25) is 4.18 Å². The molecule has 2 aromatic rings. The van der Waals surface area contributed by atoms with E-state index in [0.717, 1.165) is 12.7 Å². The van der Waals surface area contributed by atoms with Gasteiger partial charge in [-0.2, -0.15) is 8.42 Å². The number of hydrogen-bond acceptors (Lipinski definition) is 3. The highest BCUT2D eigenvalue weighted by Gasteiger charge is 2.10. The lowest BCUT2D eigenvalue weighted by Gasteiger charge is -2.12. The molecule has 0 bridgehead atoms. The van der Waals surface area contributed by atoms with Crippen molar-refractivity contribution in [3.8, 4) is 0 Å². The van der Waals surface area contributed by atoms with Crippen molar-refractivity contribution in [2.75, 3.05) is 12.9 Å². The van der Waals surface area contributed by atoms with Gasteiger partial charge in [0.25, 0.3) is 10.1 Å². The Hall–Kier alpha value is -1.39. The van der Waals surface area contributed by atoms with Crippen LogP contribution in [0.1, 0.15) is 12.5 Å². The van der Waals surface area contributed by atoms with E-state index < -0.39 is 10.1 Å². The lowest BCUT2D eigenvalue weighted by atomic mass is 9.96. The van der Waals surface area contributed by atoms with Gasteiger partial charge in [-0.25, -0.2) is 0 Å². The Bertz CT molecular complexity index is 657. The zero-order chi connectivity index (χ0) is 13.9. The second-order valence-corrected chi connectivity index (χ2v) is 6.58. The Morgan fingerprint density at radius 2 is 1.79 bits per heavy atom. The van der Waals surface area contributed by atoms with Crippen LogP contribution < -0.4 is 0 Å². The summed E-state index contributed by atoms with van der Waals surface area (Å²) in [6.07, 6.45) is 1.88. The maximum absolute atomic E-state index is 11.0.